The second-order valence-electron chi connectivity index (χ2n) is 1.55. The van der Waals surface area contributed by atoms with Crippen molar-refractivity contribution in [1.82, 2.24) is 5.32 Å². The van der Waals surface area contributed by atoms with Crippen LogP contribution in [0.15, 0.2) is 37.1 Å². The SMILES string of the molecule is C=C/C=C\C(=C)NC(=O)O.CO. The molecule has 0 aliphatic rings. The van der Waals surface area contributed by atoms with Crippen molar-refractivity contribution in [1.29, 1.82) is 0 Å². The van der Waals surface area contributed by atoms with Gasteiger partial charge in [0.05, 0.1) is 0 Å². The van der Waals surface area contributed by atoms with Gasteiger partial charge >= 0.3 is 6.09 Å². The molecule has 0 rings (SSSR count). The van der Waals surface area contributed by atoms with E-state index in [1.165, 1.54) is 12.2 Å². The van der Waals surface area contributed by atoms with Crippen molar-refractivity contribution >= 4 is 6.09 Å². The minimum atomic E-state index is -1.11. The number of carbonyl (C=O) groups is 1. The number of carboxylic acid groups (broad SMARTS) is 1. The van der Waals surface area contributed by atoms with E-state index in [4.69, 9.17) is 10.2 Å². The van der Waals surface area contributed by atoms with Gasteiger partial charge in [0, 0.05) is 12.8 Å². The predicted molar refractivity (Wildman–Crippen MR) is 47.8 cm³/mol. The van der Waals surface area contributed by atoms with Gasteiger partial charge in [-0.1, -0.05) is 25.3 Å². The van der Waals surface area contributed by atoms with Gasteiger partial charge in [-0.2, -0.15) is 0 Å². The highest BCUT2D eigenvalue weighted by Gasteiger charge is 1.91. The van der Waals surface area contributed by atoms with Crippen LogP contribution in [0.2, 0.25) is 0 Å². The fraction of sp³-hybridized carbons (Fsp3) is 0.125. The van der Waals surface area contributed by atoms with E-state index in [2.05, 4.69) is 18.5 Å². The van der Waals surface area contributed by atoms with E-state index in [0.29, 0.717) is 5.70 Å². The van der Waals surface area contributed by atoms with E-state index >= 15 is 0 Å². The van der Waals surface area contributed by atoms with Crippen LogP contribution >= 0.6 is 0 Å². The highest BCUT2D eigenvalue weighted by molar-refractivity contribution is 5.67. The Balaban J connectivity index is 0. The average molecular weight is 171 g/mol. The van der Waals surface area contributed by atoms with Crippen molar-refractivity contribution in [3.8, 4) is 0 Å². The fourth-order valence-corrected chi connectivity index (χ4v) is 0.363. The van der Waals surface area contributed by atoms with Gasteiger partial charge in [0.2, 0.25) is 0 Å². The molecule has 0 aliphatic carbocycles. The van der Waals surface area contributed by atoms with E-state index in [1.807, 2.05) is 0 Å². The van der Waals surface area contributed by atoms with E-state index in [-0.39, 0.29) is 0 Å². The van der Waals surface area contributed by atoms with Gasteiger partial charge in [-0.05, 0) is 6.08 Å². The number of hydrogen-bond acceptors (Lipinski definition) is 2. The quantitative estimate of drug-likeness (QED) is 0.557. The van der Waals surface area contributed by atoms with Crippen LogP contribution in [0.5, 0.6) is 0 Å². The van der Waals surface area contributed by atoms with Gasteiger partial charge in [-0.15, -0.1) is 0 Å². The van der Waals surface area contributed by atoms with Crippen LogP contribution in [-0.2, 0) is 0 Å². The lowest BCUT2D eigenvalue weighted by atomic mass is 10.4. The largest absolute Gasteiger partial charge is 0.465 e. The summed E-state index contributed by atoms with van der Waals surface area (Å²) in [7, 11) is 1.00. The monoisotopic (exact) mass is 171 g/mol. The molecular formula is C8H13NO3. The summed E-state index contributed by atoms with van der Waals surface area (Å²) < 4.78 is 0. The van der Waals surface area contributed by atoms with Crippen LogP contribution < -0.4 is 5.32 Å². The van der Waals surface area contributed by atoms with E-state index in [1.54, 1.807) is 6.08 Å². The maximum Gasteiger partial charge on any atom is 0.409 e. The number of aliphatic hydroxyl groups excluding tert-OH is 1. The lowest BCUT2D eigenvalue weighted by Gasteiger charge is -1.95. The van der Waals surface area contributed by atoms with E-state index in [0.717, 1.165) is 7.11 Å². The van der Waals surface area contributed by atoms with Crippen molar-refractivity contribution in [3.05, 3.63) is 37.1 Å². The topological polar surface area (TPSA) is 69.6 Å². The van der Waals surface area contributed by atoms with Crippen LogP contribution in [0.4, 0.5) is 4.79 Å². The summed E-state index contributed by atoms with van der Waals surface area (Å²) in [5.41, 5.74) is 0.326. The number of allylic oxidation sites excluding steroid dienone is 3. The highest BCUT2D eigenvalue weighted by Crippen LogP contribution is 1.86. The Hall–Kier alpha value is -1.55. The molecule has 1 amide bonds. The van der Waals surface area contributed by atoms with Crippen LogP contribution in [0.3, 0.4) is 0 Å². The van der Waals surface area contributed by atoms with Crippen LogP contribution in [0.25, 0.3) is 0 Å². The number of hydrogen-bond donors (Lipinski definition) is 3. The maximum atomic E-state index is 9.94. The first-order valence-electron chi connectivity index (χ1n) is 3.09. The summed E-state index contributed by atoms with van der Waals surface area (Å²) in [4.78, 5) is 9.94. The molecule has 4 nitrogen and oxygen atoms in total. The summed E-state index contributed by atoms with van der Waals surface area (Å²) >= 11 is 0. The average Bonchev–Trinajstić information content (AvgIpc) is 2.03. The summed E-state index contributed by atoms with van der Waals surface area (Å²) in [6.07, 6.45) is 3.53. The highest BCUT2D eigenvalue weighted by atomic mass is 16.4. The smallest absolute Gasteiger partial charge is 0.409 e. The maximum absolute atomic E-state index is 9.94. The van der Waals surface area contributed by atoms with Gasteiger partial charge in [0.25, 0.3) is 0 Å². The number of aliphatic hydroxyl groups is 1. The Labute approximate surface area is 71.5 Å². The normalized spacial score (nSPS) is 8.17. The molecule has 0 saturated heterocycles. The van der Waals surface area contributed by atoms with Gasteiger partial charge in [-0.3, -0.25) is 5.32 Å². The van der Waals surface area contributed by atoms with Crippen molar-refractivity contribution in [2.45, 2.75) is 0 Å². The molecule has 3 N–H and O–H groups in total. The molecule has 0 aliphatic heterocycles. The first-order chi connectivity index (χ1) is 5.66. The first kappa shape index (κ1) is 13.1. The van der Waals surface area contributed by atoms with Crippen molar-refractivity contribution in [3.63, 3.8) is 0 Å². The molecule has 0 fully saturated rings. The summed E-state index contributed by atoms with van der Waals surface area (Å²) in [6.45, 7) is 6.81. The first-order valence-corrected chi connectivity index (χ1v) is 3.09. The van der Waals surface area contributed by atoms with Crippen LogP contribution in [0.1, 0.15) is 0 Å². The minimum Gasteiger partial charge on any atom is -0.465 e. The molecule has 0 atom stereocenters. The van der Waals surface area contributed by atoms with Crippen LogP contribution in [0, 0.1) is 0 Å². The molecular weight excluding hydrogens is 158 g/mol. The Kier molecular flexibility index (Phi) is 10.3. The number of nitrogens with one attached hydrogen (secondary N) is 1. The lowest BCUT2D eigenvalue weighted by molar-refractivity contribution is 0.198. The molecule has 0 spiro atoms. The minimum absolute atomic E-state index is 0.326. The third kappa shape index (κ3) is 11.3. The second-order valence-corrected chi connectivity index (χ2v) is 1.55. The molecule has 12 heavy (non-hydrogen) atoms. The molecule has 0 radical (unpaired) electrons. The molecule has 68 valence electrons. The lowest BCUT2D eigenvalue weighted by Crippen LogP contribution is -2.17. The molecule has 0 bridgehead atoms. The second kappa shape index (κ2) is 9.45. The molecule has 0 aromatic carbocycles. The van der Waals surface area contributed by atoms with E-state index < -0.39 is 6.09 Å². The Morgan fingerprint density at radius 1 is 1.50 bits per heavy atom. The zero-order valence-electron chi connectivity index (χ0n) is 6.95. The molecule has 0 unspecified atom stereocenters. The van der Waals surface area contributed by atoms with Gasteiger partial charge in [-0.25, -0.2) is 4.79 Å². The number of rotatable bonds is 3. The molecule has 0 heterocycles. The summed E-state index contributed by atoms with van der Waals surface area (Å²) in [5.74, 6) is 0. The zero-order chi connectivity index (χ0) is 9.98. The van der Waals surface area contributed by atoms with Crippen molar-refractivity contribution < 1.29 is 15.0 Å². The van der Waals surface area contributed by atoms with Crippen molar-refractivity contribution in [2.24, 2.45) is 0 Å². The van der Waals surface area contributed by atoms with Gasteiger partial charge in [0.1, 0.15) is 0 Å². The summed E-state index contributed by atoms with van der Waals surface area (Å²) in [6, 6.07) is 0. The third-order valence-electron chi connectivity index (χ3n) is 0.701. The Morgan fingerprint density at radius 2 is 2.00 bits per heavy atom. The standard InChI is InChI=1S/C7H9NO2.CH4O/c1-3-4-5-6(2)8-7(9)10;1-2/h3-5,8H,1-2H2,(H,9,10);2H,1H3/b5-4-;. The van der Waals surface area contributed by atoms with Crippen molar-refractivity contribution in [2.75, 3.05) is 7.11 Å². The Bertz CT molecular complexity index is 185. The molecule has 0 aromatic heterocycles. The predicted octanol–water partition coefficient (Wildman–Crippen LogP) is 1.12. The zero-order valence-corrected chi connectivity index (χ0v) is 6.95. The third-order valence-corrected chi connectivity index (χ3v) is 0.701. The molecule has 0 saturated carbocycles. The summed E-state index contributed by atoms with van der Waals surface area (Å²) in [5, 5.41) is 17.2. The van der Waals surface area contributed by atoms with E-state index in [9.17, 15) is 4.79 Å². The fourth-order valence-electron chi connectivity index (χ4n) is 0.363. The molecule has 0 aromatic rings. The van der Waals surface area contributed by atoms with Gasteiger partial charge < -0.3 is 10.2 Å². The number of amides is 1. The van der Waals surface area contributed by atoms with Crippen LogP contribution in [-0.4, -0.2) is 23.4 Å². The van der Waals surface area contributed by atoms with Gasteiger partial charge in [0.15, 0.2) is 0 Å². The molecule has 4 heteroatoms. The Morgan fingerprint density at radius 3 is 2.33 bits per heavy atom.